The van der Waals surface area contributed by atoms with E-state index in [1.54, 1.807) is 29.2 Å². The average molecular weight is 307 g/mol. The fourth-order valence-electron chi connectivity index (χ4n) is 2.23. The van der Waals surface area contributed by atoms with E-state index < -0.39 is 0 Å². The molecule has 0 atom stereocenters. The van der Waals surface area contributed by atoms with E-state index in [-0.39, 0.29) is 5.91 Å². The Morgan fingerprint density at radius 2 is 1.70 bits per heavy atom. The van der Waals surface area contributed by atoms with E-state index in [4.69, 9.17) is 0 Å². The van der Waals surface area contributed by atoms with Crippen LogP contribution in [0, 0.1) is 20.8 Å². The van der Waals surface area contributed by atoms with E-state index in [9.17, 15) is 4.79 Å². The predicted octanol–water partition coefficient (Wildman–Crippen LogP) is 2.84. The lowest BCUT2D eigenvalue weighted by molar-refractivity contribution is 0.102. The van der Waals surface area contributed by atoms with E-state index in [1.807, 2.05) is 39.0 Å². The molecule has 0 fully saturated rings. The topological polar surface area (TPSA) is 72.7 Å². The van der Waals surface area contributed by atoms with Crippen LogP contribution in [0.2, 0.25) is 0 Å². The van der Waals surface area contributed by atoms with Crippen molar-refractivity contribution >= 4 is 11.6 Å². The first-order valence-electron chi connectivity index (χ1n) is 7.26. The van der Waals surface area contributed by atoms with Crippen molar-refractivity contribution in [2.45, 2.75) is 20.8 Å². The maximum Gasteiger partial charge on any atom is 0.255 e. The molecule has 0 bridgehead atoms. The summed E-state index contributed by atoms with van der Waals surface area (Å²) in [4.78, 5) is 20.7. The molecule has 1 N–H and O–H groups in total. The van der Waals surface area contributed by atoms with Crippen LogP contribution in [-0.2, 0) is 0 Å². The Kier molecular flexibility index (Phi) is 3.89. The molecule has 0 aliphatic carbocycles. The van der Waals surface area contributed by atoms with Gasteiger partial charge in [0.25, 0.3) is 11.9 Å². The molecular weight excluding hydrogens is 290 g/mol. The van der Waals surface area contributed by atoms with E-state index in [2.05, 4.69) is 20.4 Å². The molecule has 2 heterocycles. The van der Waals surface area contributed by atoms with Gasteiger partial charge >= 0.3 is 0 Å². The molecule has 0 unspecified atom stereocenters. The zero-order valence-corrected chi connectivity index (χ0v) is 13.2. The number of hydrogen-bond donors (Lipinski definition) is 1. The third kappa shape index (κ3) is 3.26. The summed E-state index contributed by atoms with van der Waals surface area (Å²) in [7, 11) is 0. The lowest BCUT2D eigenvalue weighted by Gasteiger charge is -2.06. The fraction of sp³-hybridized carbons (Fsp3) is 0.176. The third-order valence-corrected chi connectivity index (χ3v) is 3.41. The molecule has 0 aliphatic heterocycles. The molecule has 0 radical (unpaired) electrons. The van der Waals surface area contributed by atoms with Gasteiger partial charge < -0.3 is 5.32 Å². The lowest BCUT2D eigenvalue weighted by atomic mass is 10.1. The Hall–Kier alpha value is -3.02. The van der Waals surface area contributed by atoms with Crippen molar-refractivity contribution in [1.29, 1.82) is 0 Å². The predicted molar refractivity (Wildman–Crippen MR) is 87.8 cm³/mol. The maximum absolute atomic E-state index is 12.2. The fourth-order valence-corrected chi connectivity index (χ4v) is 2.23. The zero-order chi connectivity index (χ0) is 16.4. The molecule has 116 valence electrons. The first-order valence-corrected chi connectivity index (χ1v) is 7.26. The number of aryl methyl sites for hydroxylation is 3. The summed E-state index contributed by atoms with van der Waals surface area (Å²) in [5.41, 5.74) is 4.11. The van der Waals surface area contributed by atoms with Crippen molar-refractivity contribution in [1.82, 2.24) is 19.7 Å². The van der Waals surface area contributed by atoms with Crippen molar-refractivity contribution in [2.75, 3.05) is 5.32 Å². The Morgan fingerprint density at radius 1 is 1.04 bits per heavy atom. The van der Waals surface area contributed by atoms with E-state index >= 15 is 0 Å². The minimum absolute atomic E-state index is 0.188. The smallest absolute Gasteiger partial charge is 0.255 e. The Morgan fingerprint density at radius 3 is 2.26 bits per heavy atom. The molecule has 0 saturated heterocycles. The van der Waals surface area contributed by atoms with E-state index in [1.165, 1.54) is 0 Å². The number of aromatic nitrogens is 4. The van der Waals surface area contributed by atoms with Crippen LogP contribution in [0.25, 0.3) is 5.95 Å². The molecule has 1 amide bonds. The minimum Gasteiger partial charge on any atom is -0.319 e. The normalized spacial score (nSPS) is 10.6. The van der Waals surface area contributed by atoms with Gasteiger partial charge in [0.15, 0.2) is 0 Å². The summed E-state index contributed by atoms with van der Waals surface area (Å²) in [6.07, 6.45) is 3.15. The van der Waals surface area contributed by atoms with Gasteiger partial charge in [-0.2, -0.15) is 5.10 Å². The largest absolute Gasteiger partial charge is 0.319 e. The van der Waals surface area contributed by atoms with Gasteiger partial charge in [0.1, 0.15) is 0 Å². The van der Waals surface area contributed by atoms with Gasteiger partial charge in [0.05, 0.1) is 23.8 Å². The highest BCUT2D eigenvalue weighted by molar-refractivity contribution is 6.04. The quantitative estimate of drug-likeness (QED) is 0.807. The monoisotopic (exact) mass is 307 g/mol. The van der Waals surface area contributed by atoms with Crippen LogP contribution in [0.4, 0.5) is 5.69 Å². The molecule has 2 aromatic heterocycles. The number of rotatable bonds is 3. The average Bonchev–Trinajstić information content (AvgIpc) is 2.87. The molecular formula is C17H17N5O. The van der Waals surface area contributed by atoms with Crippen LogP contribution in [0.15, 0.2) is 42.7 Å². The second-order valence-corrected chi connectivity index (χ2v) is 5.43. The summed E-state index contributed by atoms with van der Waals surface area (Å²) in [5, 5.41) is 7.11. The van der Waals surface area contributed by atoms with Gasteiger partial charge in [-0.3, -0.25) is 4.79 Å². The summed E-state index contributed by atoms with van der Waals surface area (Å²) in [6, 6.07) is 9.33. The molecule has 23 heavy (non-hydrogen) atoms. The SMILES string of the molecule is Cc1ccc(C(=O)Nc2cnc(-n3nc(C)cc3C)nc2)cc1. The van der Waals surface area contributed by atoms with Gasteiger partial charge in [-0.1, -0.05) is 17.7 Å². The van der Waals surface area contributed by atoms with Gasteiger partial charge in [-0.05, 0) is 39.0 Å². The number of benzene rings is 1. The number of amides is 1. The summed E-state index contributed by atoms with van der Waals surface area (Å²) < 4.78 is 1.67. The molecule has 0 saturated carbocycles. The summed E-state index contributed by atoms with van der Waals surface area (Å²) in [6.45, 7) is 5.84. The Balaban J connectivity index is 1.76. The highest BCUT2D eigenvalue weighted by atomic mass is 16.1. The molecule has 6 heteroatoms. The number of hydrogen-bond acceptors (Lipinski definition) is 4. The number of carbonyl (C=O) groups is 1. The van der Waals surface area contributed by atoms with Crippen LogP contribution in [0.3, 0.4) is 0 Å². The van der Waals surface area contributed by atoms with Gasteiger partial charge in [0.2, 0.25) is 0 Å². The maximum atomic E-state index is 12.2. The molecule has 0 aliphatic rings. The van der Waals surface area contributed by atoms with Crippen molar-refractivity contribution < 1.29 is 4.79 Å². The summed E-state index contributed by atoms with van der Waals surface area (Å²) >= 11 is 0. The minimum atomic E-state index is -0.188. The summed E-state index contributed by atoms with van der Waals surface area (Å²) in [5.74, 6) is 0.288. The van der Waals surface area contributed by atoms with Crippen molar-refractivity contribution in [2.24, 2.45) is 0 Å². The Bertz CT molecular complexity index is 834. The lowest BCUT2D eigenvalue weighted by Crippen LogP contribution is -2.13. The number of anilines is 1. The molecule has 0 spiro atoms. The Labute approximate surface area is 134 Å². The molecule has 1 aromatic carbocycles. The van der Waals surface area contributed by atoms with Crippen LogP contribution < -0.4 is 5.32 Å². The van der Waals surface area contributed by atoms with Gasteiger partial charge in [0, 0.05) is 11.3 Å². The zero-order valence-electron chi connectivity index (χ0n) is 13.2. The number of carbonyl (C=O) groups excluding carboxylic acids is 1. The first kappa shape index (κ1) is 14.9. The van der Waals surface area contributed by atoms with Gasteiger partial charge in [-0.15, -0.1) is 0 Å². The van der Waals surface area contributed by atoms with Crippen LogP contribution in [0.1, 0.15) is 27.3 Å². The second-order valence-electron chi connectivity index (χ2n) is 5.43. The van der Waals surface area contributed by atoms with Crippen molar-refractivity contribution in [3.8, 4) is 5.95 Å². The van der Waals surface area contributed by atoms with Crippen LogP contribution in [-0.4, -0.2) is 25.7 Å². The highest BCUT2D eigenvalue weighted by Gasteiger charge is 2.09. The standard InChI is InChI=1S/C17H17N5O/c1-11-4-6-14(7-5-11)16(23)20-15-9-18-17(19-10-15)22-13(3)8-12(2)21-22/h4-10H,1-3H3,(H,20,23). The van der Waals surface area contributed by atoms with Crippen LogP contribution >= 0.6 is 0 Å². The van der Waals surface area contributed by atoms with Gasteiger partial charge in [-0.25, -0.2) is 14.6 Å². The van der Waals surface area contributed by atoms with Crippen molar-refractivity contribution in [3.63, 3.8) is 0 Å². The van der Waals surface area contributed by atoms with Crippen LogP contribution in [0.5, 0.6) is 0 Å². The van der Waals surface area contributed by atoms with E-state index in [0.29, 0.717) is 17.2 Å². The van der Waals surface area contributed by atoms with Crippen molar-refractivity contribution in [3.05, 3.63) is 65.2 Å². The third-order valence-electron chi connectivity index (χ3n) is 3.41. The van der Waals surface area contributed by atoms with E-state index in [0.717, 1.165) is 17.0 Å². The number of nitrogens with zero attached hydrogens (tertiary/aromatic N) is 4. The molecule has 6 nitrogen and oxygen atoms in total. The number of nitrogens with one attached hydrogen (secondary N) is 1. The molecule has 3 aromatic rings. The first-order chi connectivity index (χ1) is 11.0. The second kappa shape index (κ2) is 6.00. The highest BCUT2D eigenvalue weighted by Crippen LogP contribution is 2.11. The molecule has 3 rings (SSSR count).